The molecule has 3 saturated carbocycles. The summed E-state index contributed by atoms with van der Waals surface area (Å²) in [4.78, 5) is 62.2. The summed E-state index contributed by atoms with van der Waals surface area (Å²) < 4.78 is 108. The molecule has 30 heteroatoms. The van der Waals surface area contributed by atoms with Gasteiger partial charge in [0.2, 0.25) is 17.6 Å². The van der Waals surface area contributed by atoms with Crippen molar-refractivity contribution in [1.29, 1.82) is 0 Å². The molecule has 9 aromatic rings. The Bertz CT molecular complexity index is 5180. The van der Waals surface area contributed by atoms with E-state index in [4.69, 9.17) is 29.2 Å². The van der Waals surface area contributed by atoms with Gasteiger partial charge in [0.25, 0.3) is 47.8 Å². The normalized spacial score (nSPS) is 22.7. The molecule has 3 N–H and O–H groups in total. The Hall–Kier alpha value is -10.2. The highest BCUT2D eigenvalue weighted by atomic mass is 32.2. The predicted molar refractivity (Wildman–Crippen MR) is 471 cm³/mol. The number of pyridine rings is 3. The summed E-state index contributed by atoms with van der Waals surface area (Å²) in [5.41, 5.74) is 4.38. The minimum atomic E-state index is -4.06. The van der Waals surface area contributed by atoms with Crippen LogP contribution in [-0.2, 0) is 49.3 Å². The molecule has 3 aromatic carbocycles. The summed E-state index contributed by atoms with van der Waals surface area (Å²) >= 11 is 0. The standard InChI is InChI=1S/3C31H39N5O4S/c3*1-30(2)20-23-7-5-4-6-22-8-10-24(11-9-22)41(38,39)34-29(37)25-12-13-26(32-28(25)35(30)21-23)36-18-14-27(33-36)40-19-17-31(3)15-16-31/h3*8-14,18,23H,4-7,15-17,19-21H2,1-3H3,(H,34,37). The van der Waals surface area contributed by atoms with Crippen molar-refractivity contribution in [2.75, 3.05) is 54.2 Å². The molecule has 21 rings (SSSR count). The lowest BCUT2D eigenvalue weighted by Gasteiger charge is -2.34. The Morgan fingerprint density at radius 3 is 0.862 bits per heavy atom. The van der Waals surface area contributed by atoms with E-state index in [1.54, 1.807) is 105 Å². The van der Waals surface area contributed by atoms with Crippen molar-refractivity contribution in [2.24, 2.45) is 34.0 Å². The lowest BCUT2D eigenvalue weighted by molar-refractivity contribution is 0.0972. The molecule has 12 bridgehead atoms. The number of amides is 3. The number of rotatable bonds is 15. The third kappa shape index (κ3) is 20.4. The van der Waals surface area contributed by atoms with Crippen LogP contribution in [0.5, 0.6) is 17.6 Å². The van der Waals surface area contributed by atoms with Gasteiger partial charge in [0.05, 0.1) is 51.2 Å². The smallest absolute Gasteiger partial charge is 0.268 e. The van der Waals surface area contributed by atoms with Gasteiger partial charge in [0.15, 0.2) is 17.5 Å². The molecule has 6 fully saturated rings. The monoisotopic (exact) mass is 1730 g/mol. The van der Waals surface area contributed by atoms with E-state index >= 15 is 0 Å². The van der Waals surface area contributed by atoms with Crippen molar-refractivity contribution in [3.8, 4) is 35.1 Å². The second-order valence-corrected chi connectivity index (χ2v) is 43.6. The van der Waals surface area contributed by atoms with Crippen LogP contribution in [0, 0.1) is 34.0 Å². The molecule has 27 nitrogen and oxygen atoms in total. The van der Waals surface area contributed by atoms with Crippen LogP contribution in [0.4, 0.5) is 17.5 Å². The molecule has 0 spiro atoms. The maximum Gasteiger partial charge on any atom is 0.268 e. The summed E-state index contributed by atoms with van der Waals surface area (Å²) in [5, 5.41) is 13.7. The number of sulfonamides is 3. The van der Waals surface area contributed by atoms with E-state index in [9.17, 15) is 39.6 Å². The summed E-state index contributed by atoms with van der Waals surface area (Å²) in [5.74, 6) is 3.81. The molecule has 3 unspecified atom stereocenters. The number of ether oxygens (including phenoxy) is 3. The number of aromatic nitrogens is 9. The number of hydrogen-bond donors (Lipinski definition) is 3. The van der Waals surface area contributed by atoms with Gasteiger partial charge in [-0.25, -0.2) is 68.4 Å². The zero-order valence-corrected chi connectivity index (χ0v) is 74.7. The Kier molecular flexibility index (Phi) is 24.1. The SMILES string of the molecule is CC1(CCOc2ccn(-c3ccc4c(n3)N3CC(CCCCc5ccc(cc5)S(=O)(=O)NC4=O)CC3(C)C)n2)CC1.CC1(CCOc2ccn(-c3ccc4c(n3)N3CC(CCCCc5ccc(cc5)S(=O)(=O)NC4=O)CC3(C)C)n2)CC1.CC1(CCOc2ccn(-c3ccc4c(n3)N3CC(CCCCc5ccc(cc5)S(=O)(=O)NC4=O)CC3(C)C)n2)CC1. The number of carbonyl (C=O) groups is 3. The maximum absolute atomic E-state index is 13.6. The fourth-order valence-corrected chi connectivity index (χ4v) is 21.2. The number of nitrogens with one attached hydrogen (secondary N) is 3. The van der Waals surface area contributed by atoms with Gasteiger partial charge in [-0.15, -0.1) is 15.3 Å². The third-order valence-electron chi connectivity index (χ3n) is 26.9. The Morgan fingerprint density at radius 1 is 0.350 bits per heavy atom. The summed E-state index contributed by atoms with van der Waals surface area (Å²) in [6, 6.07) is 35.9. The van der Waals surface area contributed by atoms with Crippen LogP contribution >= 0.6 is 0 Å². The second kappa shape index (κ2) is 34.4. The first kappa shape index (κ1) is 86.3. The number of anilines is 3. The first-order chi connectivity index (χ1) is 58.5. The molecule has 3 atom stereocenters. The zero-order valence-electron chi connectivity index (χ0n) is 72.3. The molecule has 0 radical (unpaired) electrons. The Morgan fingerprint density at radius 2 is 0.610 bits per heavy atom. The highest BCUT2D eigenvalue weighted by Gasteiger charge is 2.46. The molecule has 654 valence electrons. The second-order valence-electron chi connectivity index (χ2n) is 38.6. The molecule has 6 aromatic heterocycles. The van der Waals surface area contributed by atoms with Crippen molar-refractivity contribution in [3.63, 3.8) is 0 Å². The predicted octanol–water partition coefficient (Wildman–Crippen LogP) is 15.9. The molecule has 15 heterocycles. The molecule has 9 aliphatic heterocycles. The number of fused-ring (bicyclic) bond motifs is 21. The quantitative estimate of drug-likeness (QED) is 0.0858. The van der Waals surface area contributed by atoms with Crippen LogP contribution < -0.4 is 43.1 Å². The van der Waals surface area contributed by atoms with E-state index in [0.717, 1.165) is 152 Å². The fourth-order valence-electron chi connectivity index (χ4n) is 18.3. The highest BCUT2D eigenvalue weighted by molar-refractivity contribution is 7.90. The number of aryl methyl sites for hydroxylation is 3. The molecule has 12 aliphatic rings. The average Bonchev–Trinajstić information content (AvgIpc) is 1.68. The summed E-state index contributed by atoms with van der Waals surface area (Å²) in [6.45, 7) is 23.9. The van der Waals surface area contributed by atoms with Gasteiger partial charge in [-0.2, -0.15) is 0 Å². The molecule has 3 amide bonds. The van der Waals surface area contributed by atoms with Crippen molar-refractivity contribution in [1.82, 2.24) is 58.5 Å². The topological polar surface area (TPSA) is 319 Å². The van der Waals surface area contributed by atoms with Crippen LogP contribution in [0.1, 0.15) is 245 Å². The maximum atomic E-state index is 13.6. The van der Waals surface area contributed by atoms with Gasteiger partial charge in [-0.1, -0.05) is 76.4 Å². The minimum absolute atomic E-state index is 0.0640. The van der Waals surface area contributed by atoms with Crippen molar-refractivity contribution >= 4 is 65.2 Å². The van der Waals surface area contributed by atoms with E-state index < -0.39 is 47.8 Å². The summed E-state index contributed by atoms with van der Waals surface area (Å²) in [7, 11) is -12.2. The van der Waals surface area contributed by atoms with Gasteiger partial charge in [0, 0.05) is 73.0 Å². The lowest BCUT2D eigenvalue weighted by Crippen LogP contribution is -2.41. The van der Waals surface area contributed by atoms with Crippen molar-refractivity contribution in [3.05, 3.63) is 179 Å². The third-order valence-corrected chi connectivity index (χ3v) is 30.9. The van der Waals surface area contributed by atoms with E-state index in [-0.39, 0.29) is 48.0 Å². The minimum Gasteiger partial charge on any atom is -0.477 e. The largest absolute Gasteiger partial charge is 0.477 e. The molecular formula is C93H117N15O12S3. The first-order valence-electron chi connectivity index (χ1n) is 44.0. The Balaban J connectivity index is 0.000000137. The van der Waals surface area contributed by atoms with E-state index in [2.05, 4.69) is 106 Å². The molecule has 123 heavy (non-hydrogen) atoms. The fraction of sp³-hybridized carbons (Fsp3) is 0.516. The van der Waals surface area contributed by atoms with Crippen molar-refractivity contribution < 1.29 is 53.8 Å². The summed E-state index contributed by atoms with van der Waals surface area (Å²) in [6.07, 6.45) is 31.1. The van der Waals surface area contributed by atoms with E-state index in [1.807, 2.05) is 54.6 Å². The van der Waals surface area contributed by atoms with Crippen LogP contribution in [0.2, 0.25) is 0 Å². The average molecular weight is 1730 g/mol. The van der Waals surface area contributed by atoms with Crippen LogP contribution in [0.15, 0.2) is 161 Å². The van der Waals surface area contributed by atoms with Crippen molar-refractivity contribution in [2.45, 2.75) is 248 Å². The number of nitrogens with zero attached hydrogens (tertiary/aromatic N) is 12. The lowest BCUT2D eigenvalue weighted by atomic mass is 9.92. The molecule has 3 aliphatic carbocycles. The van der Waals surface area contributed by atoms with Gasteiger partial charge in [0.1, 0.15) is 17.5 Å². The number of carbonyl (C=O) groups excluding carboxylic acids is 3. The first-order valence-corrected chi connectivity index (χ1v) is 48.4. The van der Waals surface area contributed by atoms with Crippen LogP contribution in [0.25, 0.3) is 17.5 Å². The van der Waals surface area contributed by atoms with E-state index in [0.29, 0.717) is 106 Å². The van der Waals surface area contributed by atoms with Crippen LogP contribution in [-0.4, -0.2) is 143 Å². The zero-order chi connectivity index (χ0) is 86.5. The van der Waals surface area contributed by atoms with Gasteiger partial charge in [-0.3, -0.25) is 14.4 Å². The van der Waals surface area contributed by atoms with Crippen LogP contribution in [0.3, 0.4) is 0 Å². The highest BCUT2D eigenvalue weighted by Crippen LogP contribution is 2.51. The van der Waals surface area contributed by atoms with Gasteiger partial charge < -0.3 is 28.9 Å². The number of hydrogen-bond acceptors (Lipinski definition) is 21. The molecule has 3 saturated heterocycles. The van der Waals surface area contributed by atoms with Gasteiger partial charge in [-0.05, 0) is 300 Å². The number of benzene rings is 3. The van der Waals surface area contributed by atoms with Gasteiger partial charge >= 0.3 is 0 Å². The molecular weight excluding hydrogens is 1620 g/mol. The van der Waals surface area contributed by atoms with E-state index in [1.165, 1.54) is 38.5 Å². The Labute approximate surface area is 723 Å².